The SMILES string of the molecule is CC1(C)CSC([n+]2c(-c3ccccc3)nnn2-c2ccccc2)=N1. The van der Waals surface area contributed by atoms with Gasteiger partial charge in [-0.15, -0.1) is 4.68 Å². The molecule has 2 aromatic carbocycles. The van der Waals surface area contributed by atoms with Gasteiger partial charge in [-0.05, 0) is 42.9 Å². The average molecular weight is 336 g/mol. The topological polar surface area (TPSA) is 47.0 Å². The normalized spacial score (nSPS) is 16.2. The Hall–Kier alpha value is -2.47. The van der Waals surface area contributed by atoms with Gasteiger partial charge < -0.3 is 0 Å². The first kappa shape index (κ1) is 15.1. The van der Waals surface area contributed by atoms with Crippen molar-refractivity contribution < 1.29 is 4.68 Å². The van der Waals surface area contributed by atoms with Crippen LogP contribution in [0.1, 0.15) is 13.8 Å². The third-order valence-corrected chi connectivity index (χ3v) is 5.14. The van der Waals surface area contributed by atoms with Gasteiger partial charge in [-0.25, -0.2) is 0 Å². The lowest BCUT2D eigenvalue weighted by Crippen LogP contribution is -2.49. The maximum atomic E-state index is 4.88. The number of thioether (sulfide) groups is 1. The Labute approximate surface area is 145 Å². The van der Waals surface area contributed by atoms with Crippen LogP contribution in [0.2, 0.25) is 0 Å². The zero-order valence-electron chi connectivity index (χ0n) is 13.6. The number of aromatic nitrogens is 4. The van der Waals surface area contributed by atoms with E-state index in [1.807, 2.05) is 70.1 Å². The smallest absolute Gasteiger partial charge is 0.160 e. The van der Waals surface area contributed by atoms with E-state index in [9.17, 15) is 0 Å². The second kappa shape index (κ2) is 5.87. The van der Waals surface area contributed by atoms with E-state index in [1.54, 1.807) is 11.8 Å². The molecule has 1 aromatic heterocycles. The van der Waals surface area contributed by atoms with Crippen LogP contribution in [-0.2, 0) is 0 Å². The van der Waals surface area contributed by atoms with Gasteiger partial charge in [-0.1, -0.05) is 48.2 Å². The minimum absolute atomic E-state index is 0.0766. The van der Waals surface area contributed by atoms with E-state index in [0.29, 0.717) is 0 Å². The maximum absolute atomic E-state index is 4.88. The van der Waals surface area contributed by atoms with E-state index in [0.717, 1.165) is 28.0 Å². The largest absolute Gasteiger partial charge is 0.302 e. The van der Waals surface area contributed by atoms with Gasteiger partial charge in [0.2, 0.25) is 0 Å². The van der Waals surface area contributed by atoms with Gasteiger partial charge in [0.1, 0.15) is 16.4 Å². The Morgan fingerprint density at radius 2 is 1.67 bits per heavy atom. The molecule has 4 rings (SSSR count). The molecule has 0 amide bonds. The van der Waals surface area contributed by atoms with Gasteiger partial charge in [0.25, 0.3) is 5.17 Å². The van der Waals surface area contributed by atoms with Crippen LogP contribution in [0.5, 0.6) is 0 Å². The van der Waals surface area contributed by atoms with Crippen molar-refractivity contribution in [2.24, 2.45) is 4.99 Å². The number of aliphatic imine (C=N–C) groups is 1. The van der Waals surface area contributed by atoms with E-state index in [2.05, 4.69) is 24.2 Å². The zero-order valence-corrected chi connectivity index (χ0v) is 14.4. The molecular weight excluding hydrogens is 318 g/mol. The molecule has 0 saturated heterocycles. The molecule has 6 heteroatoms. The molecule has 5 nitrogen and oxygen atoms in total. The molecule has 0 radical (unpaired) electrons. The molecule has 1 aliphatic rings. The quantitative estimate of drug-likeness (QED) is 0.676. The van der Waals surface area contributed by atoms with Crippen LogP contribution in [0.4, 0.5) is 0 Å². The first-order chi connectivity index (χ1) is 11.6. The van der Waals surface area contributed by atoms with Crippen LogP contribution in [0.25, 0.3) is 17.1 Å². The monoisotopic (exact) mass is 336 g/mol. The van der Waals surface area contributed by atoms with Crippen LogP contribution in [0, 0.1) is 0 Å². The molecular formula is C18H18N5S+. The number of hydrogen-bond donors (Lipinski definition) is 0. The summed E-state index contributed by atoms with van der Waals surface area (Å²) in [7, 11) is 0. The van der Waals surface area contributed by atoms with Crippen molar-refractivity contribution in [2.45, 2.75) is 19.4 Å². The van der Waals surface area contributed by atoms with Crippen LogP contribution in [0.15, 0.2) is 65.7 Å². The summed E-state index contributed by atoms with van der Waals surface area (Å²) in [5.74, 6) is 1.74. The third-order valence-electron chi connectivity index (χ3n) is 3.77. The average Bonchev–Trinajstić information content (AvgIpc) is 3.19. The Morgan fingerprint density at radius 3 is 2.29 bits per heavy atom. The van der Waals surface area contributed by atoms with Crippen molar-refractivity contribution in [2.75, 3.05) is 5.75 Å². The summed E-state index contributed by atoms with van der Waals surface area (Å²) in [6, 6.07) is 20.1. The minimum atomic E-state index is -0.0766. The summed E-state index contributed by atoms with van der Waals surface area (Å²) in [5.41, 5.74) is 1.90. The molecule has 1 aliphatic heterocycles. The van der Waals surface area contributed by atoms with Gasteiger partial charge >= 0.3 is 5.82 Å². The Bertz CT molecular complexity index is 827. The summed E-state index contributed by atoms with van der Waals surface area (Å²) in [6.07, 6.45) is 0. The van der Waals surface area contributed by atoms with Crippen molar-refractivity contribution in [1.82, 2.24) is 15.1 Å². The molecule has 3 aromatic rings. The van der Waals surface area contributed by atoms with Gasteiger partial charge in [-0.2, -0.15) is 4.99 Å². The van der Waals surface area contributed by atoms with Crippen molar-refractivity contribution in [3.63, 3.8) is 0 Å². The standard InChI is InChI=1S/C18H18N5S/c1-18(2)13-24-17(19-18)22-16(14-9-5-3-6-10-14)20-21-23(22)15-11-7-4-8-12-15/h3-12H,13H2,1-2H3/q+1. The van der Waals surface area contributed by atoms with Gasteiger partial charge in [-0.3, -0.25) is 0 Å². The lowest BCUT2D eigenvalue weighted by atomic mass is 10.1. The fourth-order valence-electron chi connectivity index (χ4n) is 2.60. The highest BCUT2D eigenvalue weighted by molar-refractivity contribution is 8.13. The van der Waals surface area contributed by atoms with Crippen molar-refractivity contribution in [3.05, 3.63) is 60.7 Å². The van der Waals surface area contributed by atoms with Crippen molar-refractivity contribution in [1.29, 1.82) is 0 Å². The van der Waals surface area contributed by atoms with E-state index >= 15 is 0 Å². The number of benzene rings is 2. The molecule has 0 N–H and O–H groups in total. The van der Waals surface area contributed by atoms with E-state index in [1.165, 1.54) is 0 Å². The molecule has 0 atom stereocenters. The number of rotatable bonds is 2. The molecule has 0 saturated carbocycles. The Morgan fingerprint density at radius 1 is 1.00 bits per heavy atom. The predicted molar refractivity (Wildman–Crippen MR) is 96.4 cm³/mol. The van der Waals surface area contributed by atoms with Gasteiger partial charge in [0.15, 0.2) is 0 Å². The lowest BCUT2D eigenvalue weighted by Gasteiger charge is -2.05. The summed E-state index contributed by atoms with van der Waals surface area (Å²) < 4.78 is 2.00. The summed E-state index contributed by atoms with van der Waals surface area (Å²) >= 11 is 1.74. The van der Waals surface area contributed by atoms with Gasteiger partial charge in [0.05, 0.1) is 5.10 Å². The lowest BCUT2D eigenvalue weighted by molar-refractivity contribution is -0.628. The second-order valence-electron chi connectivity index (χ2n) is 6.31. The summed E-state index contributed by atoms with van der Waals surface area (Å²) in [6.45, 7) is 4.29. The number of tetrazole rings is 1. The molecule has 24 heavy (non-hydrogen) atoms. The van der Waals surface area contributed by atoms with E-state index in [-0.39, 0.29) is 5.54 Å². The van der Waals surface area contributed by atoms with Crippen LogP contribution in [-0.4, -0.2) is 31.6 Å². The molecule has 0 aliphatic carbocycles. The van der Waals surface area contributed by atoms with E-state index in [4.69, 9.17) is 4.99 Å². The minimum Gasteiger partial charge on any atom is -0.160 e. The fraction of sp³-hybridized carbons (Fsp3) is 0.222. The highest BCUT2D eigenvalue weighted by atomic mass is 32.2. The number of nitrogens with zero attached hydrogens (tertiary/aromatic N) is 5. The van der Waals surface area contributed by atoms with E-state index < -0.39 is 0 Å². The highest BCUT2D eigenvalue weighted by Crippen LogP contribution is 2.26. The molecule has 0 spiro atoms. The predicted octanol–water partition coefficient (Wildman–Crippen LogP) is 2.95. The molecule has 2 heterocycles. The Kier molecular flexibility index (Phi) is 3.69. The molecule has 0 unspecified atom stereocenters. The van der Waals surface area contributed by atoms with Gasteiger partial charge in [0, 0.05) is 11.3 Å². The second-order valence-corrected chi connectivity index (χ2v) is 7.25. The summed E-state index contributed by atoms with van der Waals surface area (Å²) in [5, 5.41) is 9.75. The maximum Gasteiger partial charge on any atom is 0.302 e. The molecule has 0 fully saturated rings. The van der Waals surface area contributed by atoms with Crippen molar-refractivity contribution in [3.8, 4) is 17.1 Å². The Balaban J connectivity index is 1.92. The first-order valence-corrected chi connectivity index (χ1v) is 8.84. The van der Waals surface area contributed by atoms with Crippen LogP contribution in [0.3, 0.4) is 0 Å². The fourth-order valence-corrected chi connectivity index (χ4v) is 3.74. The first-order valence-electron chi connectivity index (χ1n) is 7.86. The molecule has 120 valence electrons. The van der Waals surface area contributed by atoms with Crippen LogP contribution < -0.4 is 4.68 Å². The van der Waals surface area contributed by atoms with Crippen LogP contribution >= 0.6 is 11.8 Å². The highest BCUT2D eigenvalue weighted by Gasteiger charge is 2.36. The van der Waals surface area contributed by atoms with Crippen molar-refractivity contribution >= 4 is 16.9 Å². The zero-order chi connectivity index (χ0) is 16.6. The summed E-state index contributed by atoms with van der Waals surface area (Å²) in [4.78, 5) is 6.69. The third kappa shape index (κ3) is 2.73. The number of para-hydroxylation sites is 1. The molecule has 0 bridgehead atoms. The number of hydrogen-bond acceptors (Lipinski definition) is 4.